The average Bonchev–Trinajstić information content (AvgIpc) is 2.91. The number of anilines is 1. The predicted octanol–water partition coefficient (Wildman–Crippen LogP) is 2.19. The lowest BCUT2D eigenvalue weighted by atomic mass is 10.2. The molecule has 1 N–H and O–H groups in total. The highest BCUT2D eigenvalue weighted by molar-refractivity contribution is 5.91. The van der Waals surface area contributed by atoms with Gasteiger partial charge in [-0.1, -0.05) is 0 Å². The maximum Gasteiger partial charge on any atom is 0.420 e. The monoisotopic (exact) mass is 376 g/mol. The lowest BCUT2D eigenvalue weighted by Gasteiger charge is -2.06. The third kappa shape index (κ3) is 3.49. The number of fused-ring (bicyclic) bond motifs is 1. The zero-order valence-electron chi connectivity index (χ0n) is 13.2. The highest BCUT2D eigenvalue weighted by Gasteiger charge is 2.18. The Hall–Kier alpha value is -4.09. The number of nitrogens with zero attached hydrogens (tertiary/aromatic N) is 3. The summed E-state index contributed by atoms with van der Waals surface area (Å²) in [6.07, 6.45) is 0. The van der Waals surface area contributed by atoms with Crippen LogP contribution in [0.3, 0.4) is 0 Å². The highest BCUT2D eigenvalue weighted by atomic mass is 19.1. The van der Waals surface area contributed by atoms with Crippen LogP contribution in [-0.4, -0.2) is 20.3 Å². The van der Waals surface area contributed by atoms with Gasteiger partial charge in [0.2, 0.25) is 11.7 Å². The van der Waals surface area contributed by atoms with Crippen molar-refractivity contribution < 1.29 is 23.4 Å². The summed E-state index contributed by atoms with van der Waals surface area (Å²) < 4.78 is 19.1. The minimum atomic E-state index is -1.07. The maximum absolute atomic E-state index is 13.3. The van der Waals surface area contributed by atoms with E-state index in [1.54, 1.807) is 0 Å². The lowest BCUT2D eigenvalue weighted by Crippen LogP contribution is -2.24. The summed E-state index contributed by atoms with van der Waals surface area (Å²) in [4.78, 5) is 44.0. The summed E-state index contributed by atoms with van der Waals surface area (Å²) in [6, 6.07) is 6.21. The van der Waals surface area contributed by atoms with Crippen molar-refractivity contribution >= 4 is 34.1 Å². The van der Waals surface area contributed by atoms with Gasteiger partial charge in [-0.3, -0.25) is 29.6 Å². The molecule has 1 aromatic heterocycles. The first-order valence-corrected chi connectivity index (χ1v) is 7.28. The van der Waals surface area contributed by atoms with E-state index in [0.29, 0.717) is 0 Å². The molecule has 11 nitrogen and oxygen atoms in total. The molecule has 1 amide bonds. The zero-order valence-corrected chi connectivity index (χ0v) is 13.2. The van der Waals surface area contributed by atoms with Crippen LogP contribution in [0.25, 0.3) is 11.1 Å². The number of benzene rings is 2. The minimum absolute atomic E-state index is 0.0365. The van der Waals surface area contributed by atoms with Gasteiger partial charge in [0, 0.05) is 23.9 Å². The van der Waals surface area contributed by atoms with E-state index in [-0.39, 0.29) is 22.5 Å². The van der Waals surface area contributed by atoms with Crippen LogP contribution >= 0.6 is 0 Å². The van der Waals surface area contributed by atoms with E-state index in [9.17, 15) is 34.2 Å². The Bertz CT molecular complexity index is 1150. The Morgan fingerprint density at radius 1 is 1.15 bits per heavy atom. The number of nitrogens with one attached hydrogen (secondary N) is 1. The van der Waals surface area contributed by atoms with Crippen LogP contribution in [0.2, 0.25) is 0 Å². The molecule has 3 aromatic rings. The molecule has 1 heterocycles. The highest BCUT2D eigenvalue weighted by Crippen LogP contribution is 2.22. The van der Waals surface area contributed by atoms with Gasteiger partial charge in [-0.15, -0.1) is 0 Å². The number of rotatable bonds is 5. The molecule has 0 saturated heterocycles. The van der Waals surface area contributed by atoms with E-state index < -0.39 is 39.6 Å². The van der Waals surface area contributed by atoms with Crippen molar-refractivity contribution in [2.75, 3.05) is 5.32 Å². The predicted molar refractivity (Wildman–Crippen MR) is 88.8 cm³/mol. The first-order valence-electron chi connectivity index (χ1n) is 7.28. The van der Waals surface area contributed by atoms with Gasteiger partial charge in [0.1, 0.15) is 6.54 Å². The summed E-state index contributed by atoms with van der Waals surface area (Å²) >= 11 is 0. The molecule has 3 rings (SSSR count). The second-order valence-electron chi connectivity index (χ2n) is 5.33. The van der Waals surface area contributed by atoms with Gasteiger partial charge >= 0.3 is 11.4 Å². The number of nitro groups is 2. The Kier molecular flexibility index (Phi) is 4.38. The van der Waals surface area contributed by atoms with Crippen LogP contribution in [0.4, 0.5) is 21.5 Å². The number of carbonyl (C=O) groups excluding carboxylic acids is 1. The molecule has 0 aliphatic carbocycles. The van der Waals surface area contributed by atoms with E-state index in [2.05, 4.69) is 5.32 Å². The number of amides is 1. The number of aromatic nitrogens is 1. The lowest BCUT2D eigenvalue weighted by molar-refractivity contribution is -0.387. The van der Waals surface area contributed by atoms with Gasteiger partial charge < -0.3 is 9.73 Å². The minimum Gasteiger partial charge on any atom is -0.408 e. The molecule has 0 spiro atoms. The van der Waals surface area contributed by atoms with E-state index >= 15 is 0 Å². The van der Waals surface area contributed by atoms with Gasteiger partial charge in [0.15, 0.2) is 5.58 Å². The number of carbonyl (C=O) groups is 1. The number of halogens is 1. The first-order chi connectivity index (χ1) is 12.8. The second kappa shape index (κ2) is 6.67. The van der Waals surface area contributed by atoms with Gasteiger partial charge in [-0.05, 0) is 18.2 Å². The molecule has 0 unspecified atom stereocenters. The summed E-state index contributed by atoms with van der Waals surface area (Å²) in [5.41, 5.74) is -1.09. The summed E-state index contributed by atoms with van der Waals surface area (Å²) in [7, 11) is 0. The van der Waals surface area contributed by atoms with Crippen molar-refractivity contribution in [1.82, 2.24) is 4.57 Å². The van der Waals surface area contributed by atoms with Crippen LogP contribution in [0, 0.1) is 26.0 Å². The topological polar surface area (TPSA) is 151 Å². The molecule has 0 aliphatic rings. The van der Waals surface area contributed by atoms with Gasteiger partial charge in [0.05, 0.1) is 15.4 Å². The number of hydrogen-bond donors (Lipinski definition) is 1. The van der Waals surface area contributed by atoms with Crippen molar-refractivity contribution in [1.29, 1.82) is 0 Å². The normalized spacial score (nSPS) is 10.7. The van der Waals surface area contributed by atoms with Crippen LogP contribution < -0.4 is 11.1 Å². The number of oxazole rings is 1. The van der Waals surface area contributed by atoms with E-state index in [4.69, 9.17) is 4.42 Å². The van der Waals surface area contributed by atoms with Gasteiger partial charge in [-0.2, -0.15) is 4.39 Å². The summed E-state index contributed by atoms with van der Waals surface area (Å²) in [6.45, 7) is -0.571. The average molecular weight is 376 g/mol. The molecule has 0 radical (unpaired) electrons. The first kappa shape index (κ1) is 17.7. The standard InChI is InChI=1S/C15H9FN4O7/c16-10-3-1-8(5-11(10)20(25)26)17-14(21)7-18-12-6-9(19(23)24)2-4-13(12)27-15(18)22/h1-6H,7H2,(H,17,21). The van der Waals surface area contributed by atoms with Crippen LogP contribution in [0.15, 0.2) is 45.6 Å². The van der Waals surface area contributed by atoms with Crippen LogP contribution in [0.1, 0.15) is 0 Å². The van der Waals surface area contributed by atoms with E-state index in [0.717, 1.165) is 34.9 Å². The fourth-order valence-corrected chi connectivity index (χ4v) is 2.39. The molecular weight excluding hydrogens is 367 g/mol. The van der Waals surface area contributed by atoms with Crippen molar-refractivity contribution in [3.8, 4) is 0 Å². The SMILES string of the molecule is O=C(Cn1c(=O)oc2ccc([N+](=O)[O-])cc21)Nc1ccc(F)c([N+](=O)[O-])c1. The molecule has 0 saturated carbocycles. The summed E-state index contributed by atoms with van der Waals surface area (Å²) in [5.74, 6) is -2.75. The smallest absolute Gasteiger partial charge is 0.408 e. The van der Waals surface area contributed by atoms with Crippen molar-refractivity contribution in [3.05, 3.63) is 73.0 Å². The quantitative estimate of drug-likeness (QED) is 0.529. The molecule has 0 atom stereocenters. The second-order valence-corrected chi connectivity index (χ2v) is 5.33. The Morgan fingerprint density at radius 2 is 1.89 bits per heavy atom. The van der Waals surface area contributed by atoms with Crippen molar-refractivity contribution in [3.63, 3.8) is 0 Å². The molecule has 12 heteroatoms. The number of hydrogen-bond acceptors (Lipinski definition) is 7. The summed E-state index contributed by atoms with van der Waals surface area (Å²) in [5, 5.41) is 23.9. The molecule has 0 bridgehead atoms. The number of non-ortho nitro benzene ring substituents is 1. The molecule has 27 heavy (non-hydrogen) atoms. The Morgan fingerprint density at radius 3 is 2.56 bits per heavy atom. The molecule has 0 aliphatic heterocycles. The van der Waals surface area contributed by atoms with Crippen molar-refractivity contribution in [2.24, 2.45) is 0 Å². The fraction of sp³-hybridized carbons (Fsp3) is 0.0667. The maximum atomic E-state index is 13.3. The van der Waals surface area contributed by atoms with E-state index in [1.807, 2.05) is 0 Å². The van der Waals surface area contributed by atoms with Gasteiger partial charge in [-0.25, -0.2) is 4.79 Å². The third-order valence-corrected chi connectivity index (χ3v) is 3.59. The molecular formula is C15H9FN4O7. The molecule has 2 aromatic carbocycles. The van der Waals surface area contributed by atoms with Crippen LogP contribution in [0.5, 0.6) is 0 Å². The molecule has 138 valence electrons. The molecule has 0 fully saturated rings. The van der Waals surface area contributed by atoms with Gasteiger partial charge in [0.25, 0.3) is 5.69 Å². The number of nitro benzene ring substituents is 2. The van der Waals surface area contributed by atoms with E-state index in [1.165, 1.54) is 6.07 Å². The Balaban J connectivity index is 1.88. The fourth-order valence-electron chi connectivity index (χ4n) is 2.39. The zero-order chi connectivity index (χ0) is 19.7. The largest absolute Gasteiger partial charge is 0.420 e. The Labute approximate surface area is 147 Å². The van der Waals surface area contributed by atoms with Crippen molar-refractivity contribution in [2.45, 2.75) is 6.54 Å². The third-order valence-electron chi connectivity index (χ3n) is 3.59. The van der Waals surface area contributed by atoms with Crippen LogP contribution in [-0.2, 0) is 11.3 Å².